The van der Waals surface area contributed by atoms with Crippen LogP contribution < -0.4 is 5.32 Å². The van der Waals surface area contributed by atoms with E-state index in [1.54, 1.807) is 11.1 Å². The largest absolute Gasteiger partial charge is 0.465 e. The molecule has 0 aliphatic carbocycles. The normalized spacial score (nSPS) is 14.7. The first-order chi connectivity index (χ1) is 14.5. The number of carbonyl (C=O) groups is 3. The van der Waals surface area contributed by atoms with Crippen LogP contribution in [0.2, 0.25) is 0 Å². The van der Waals surface area contributed by atoms with Crippen LogP contribution in [0.1, 0.15) is 46.2 Å². The number of amides is 2. The van der Waals surface area contributed by atoms with E-state index in [-0.39, 0.29) is 30.6 Å². The average molecular weight is 426 g/mol. The molecule has 0 radical (unpaired) electrons. The van der Waals surface area contributed by atoms with E-state index in [0.29, 0.717) is 23.7 Å². The molecule has 0 spiro atoms. The fraction of sp³-hybridized carbons (Fsp3) is 0.333. The van der Waals surface area contributed by atoms with Crippen LogP contribution in [-0.2, 0) is 4.79 Å². The Hall–Kier alpha value is -3.20. The third-order valence-corrected chi connectivity index (χ3v) is 6.29. The number of thiazole rings is 1. The van der Waals surface area contributed by atoms with Gasteiger partial charge in [-0.15, -0.1) is 11.3 Å². The zero-order valence-electron chi connectivity index (χ0n) is 16.3. The lowest BCUT2D eigenvalue weighted by Gasteiger charge is -2.31. The smallest absolute Gasteiger partial charge is 0.404 e. The molecule has 1 aliphatic rings. The highest BCUT2D eigenvalue weighted by atomic mass is 32.1. The van der Waals surface area contributed by atoms with E-state index >= 15 is 0 Å². The Bertz CT molecular complexity index is 1080. The maximum atomic E-state index is 12.9. The molecule has 30 heavy (non-hydrogen) atoms. The number of carboxylic acid groups (broad SMARTS) is 1. The van der Waals surface area contributed by atoms with Gasteiger partial charge in [0.05, 0.1) is 11.3 Å². The van der Waals surface area contributed by atoms with E-state index < -0.39 is 6.09 Å². The number of rotatable bonds is 6. The quantitative estimate of drug-likeness (QED) is 0.524. The second-order valence-corrected chi connectivity index (χ2v) is 8.15. The Balaban J connectivity index is 1.36. The van der Waals surface area contributed by atoms with Gasteiger partial charge in [0.25, 0.3) is 0 Å². The maximum Gasteiger partial charge on any atom is 0.404 e. The Labute approximate surface area is 176 Å². The van der Waals surface area contributed by atoms with Crippen LogP contribution in [0.3, 0.4) is 0 Å². The predicted octanol–water partition coefficient (Wildman–Crippen LogP) is 3.22. The molecule has 9 heteroatoms. The molecule has 3 aromatic rings. The first kappa shape index (κ1) is 20.1. The Morgan fingerprint density at radius 1 is 1.23 bits per heavy atom. The third-order valence-electron chi connectivity index (χ3n) is 5.43. The van der Waals surface area contributed by atoms with Gasteiger partial charge >= 0.3 is 6.09 Å². The van der Waals surface area contributed by atoms with Crippen molar-refractivity contribution < 1.29 is 19.5 Å². The van der Waals surface area contributed by atoms with Gasteiger partial charge in [-0.1, -0.05) is 18.2 Å². The number of piperidine rings is 1. The van der Waals surface area contributed by atoms with Crippen LogP contribution >= 0.6 is 11.3 Å². The molecular weight excluding hydrogens is 404 g/mol. The highest BCUT2D eigenvalue weighted by molar-refractivity contribution is 7.12. The number of hydrogen-bond acceptors (Lipinski definition) is 5. The number of para-hydroxylation sites is 1. The summed E-state index contributed by atoms with van der Waals surface area (Å²) in [6, 6.07) is 7.69. The summed E-state index contributed by atoms with van der Waals surface area (Å²) in [5.74, 6) is 0.0879. The van der Waals surface area contributed by atoms with E-state index in [1.807, 2.05) is 29.6 Å². The van der Waals surface area contributed by atoms with Gasteiger partial charge in [-0.3, -0.25) is 9.59 Å². The first-order valence-electron chi connectivity index (χ1n) is 9.83. The Morgan fingerprint density at radius 3 is 2.77 bits per heavy atom. The molecule has 1 aromatic carbocycles. The molecular formula is C21H22N4O4S. The fourth-order valence-electron chi connectivity index (χ4n) is 3.81. The number of aromatic nitrogens is 2. The maximum absolute atomic E-state index is 12.9. The molecule has 0 bridgehead atoms. The highest BCUT2D eigenvalue weighted by Gasteiger charge is 2.26. The van der Waals surface area contributed by atoms with E-state index in [9.17, 15) is 14.4 Å². The van der Waals surface area contributed by atoms with Crippen molar-refractivity contribution in [2.24, 2.45) is 0 Å². The van der Waals surface area contributed by atoms with Crippen LogP contribution in [0.25, 0.3) is 10.9 Å². The molecule has 156 valence electrons. The third kappa shape index (κ3) is 4.20. The van der Waals surface area contributed by atoms with E-state index in [0.717, 1.165) is 29.4 Å². The lowest BCUT2D eigenvalue weighted by atomic mass is 9.94. The monoisotopic (exact) mass is 426 g/mol. The fourth-order valence-corrected chi connectivity index (χ4v) is 4.66. The number of carbonyl (C=O) groups excluding carboxylic acids is 2. The lowest BCUT2D eigenvalue weighted by Crippen LogP contribution is -2.39. The van der Waals surface area contributed by atoms with Gasteiger partial charge in [0.2, 0.25) is 11.7 Å². The molecule has 4 rings (SSSR count). The molecule has 1 saturated heterocycles. The lowest BCUT2D eigenvalue weighted by molar-refractivity contribution is -0.132. The number of ketones is 1. The first-order valence-corrected chi connectivity index (χ1v) is 10.7. The van der Waals surface area contributed by atoms with Gasteiger partial charge in [0, 0.05) is 54.5 Å². The standard InChI is InChI=1S/C21H22N4O4S/c26-18(5-8-22-21(28)29)25-9-6-13(7-10-25)17-12-30-20(24-17)19(27)15-11-23-16-4-2-1-3-14(15)16/h1-4,11-13,22-23H,5-10H2,(H,28,29). The van der Waals surface area contributed by atoms with E-state index in [1.165, 1.54) is 11.3 Å². The van der Waals surface area contributed by atoms with Crippen molar-refractivity contribution in [1.29, 1.82) is 0 Å². The van der Waals surface area contributed by atoms with Crippen LogP contribution in [-0.4, -0.2) is 57.4 Å². The highest BCUT2D eigenvalue weighted by Crippen LogP contribution is 2.30. The molecule has 3 N–H and O–H groups in total. The molecule has 2 amide bonds. The number of likely N-dealkylation sites (tertiary alicyclic amines) is 1. The Kier molecular flexibility index (Phi) is 5.80. The van der Waals surface area contributed by atoms with E-state index in [4.69, 9.17) is 5.11 Å². The van der Waals surface area contributed by atoms with Crippen molar-refractivity contribution in [3.8, 4) is 0 Å². The molecule has 1 fully saturated rings. The summed E-state index contributed by atoms with van der Waals surface area (Å²) in [5, 5.41) is 14.1. The molecule has 2 aromatic heterocycles. The van der Waals surface area contributed by atoms with Gasteiger partial charge in [0.15, 0.2) is 5.01 Å². The van der Waals surface area contributed by atoms with Gasteiger partial charge in [-0.25, -0.2) is 9.78 Å². The minimum absolute atomic E-state index is 0.0457. The summed E-state index contributed by atoms with van der Waals surface area (Å²) in [6.45, 7) is 1.35. The summed E-state index contributed by atoms with van der Waals surface area (Å²) in [4.78, 5) is 45.1. The summed E-state index contributed by atoms with van der Waals surface area (Å²) < 4.78 is 0. The molecule has 0 unspecified atom stereocenters. The molecule has 3 heterocycles. The van der Waals surface area contributed by atoms with Crippen molar-refractivity contribution in [2.45, 2.75) is 25.2 Å². The molecule has 8 nitrogen and oxygen atoms in total. The molecule has 0 saturated carbocycles. The number of nitrogens with one attached hydrogen (secondary N) is 2. The van der Waals surface area contributed by atoms with Gasteiger partial charge in [-0.05, 0) is 18.9 Å². The van der Waals surface area contributed by atoms with Gasteiger partial charge < -0.3 is 20.3 Å². The average Bonchev–Trinajstić information content (AvgIpc) is 3.41. The van der Waals surface area contributed by atoms with Crippen LogP contribution in [0.4, 0.5) is 4.79 Å². The van der Waals surface area contributed by atoms with Crippen molar-refractivity contribution in [3.05, 3.63) is 52.1 Å². The minimum atomic E-state index is -1.12. The van der Waals surface area contributed by atoms with Crippen LogP contribution in [0.5, 0.6) is 0 Å². The van der Waals surface area contributed by atoms with Crippen molar-refractivity contribution in [2.75, 3.05) is 19.6 Å². The zero-order chi connectivity index (χ0) is 21.1. The van der Waals surface area contributed by atoms with Gasteiger partial charge in [0.1, 0.15) is 0 Å². The van der Waals surface area contributed by atoms with Crippen molar-refractivity contribution >= 4 is 40.0 Å². The SMILES string of the molecule is O=C(O)NCCC(=O)N1CCC(c2csc(C(=O)c3c[nH]c4ccccc34)n2)CC1. The number of nitrogens with zero attached hydrogens (tertiary/aromatic N) is 2. The molecule has 0 atom stereocenters. The number of benzene rings is 1. The molecule has 1 aliphatic heterocycles. The summed E-state index contributed by atoms with van der Waals surface area (Å²) in [7, 11) is 0. The van der Waals surface area contributed by atoms with Crippen LogP contribution in [0.15, 0.2) is 35.8 Å². The predicted molar refractivity (Wildman–Crippen MR) is 113 cm³/mol. The summed E-state index contributed by atoms with van der Waals surface area (Å²) in [5.41, 5.74) is 2.46. The number of fused-ring (bicyclic) bond motifs is 1. The van der Waals surface area contributed by atoms with Crippen LogP contribution in [0, 0.1) is 0 Å². The Morgan fingerprint density at radius 2 is 2.00 bits per heavy atom. The number of aromatic amines is 1. The zero-order valence-corrected chi connectivity index (χ0v) is 17.1. The van der Waals surface area contributed by atoms with E-state index in [2.05, 4.69) is 15.3 Å². The number of hydrogen-bond donors (Lipinski definition) is 3. The number of H-pyrrole nitrogens is 1. The second-order valence-electron chi connectivity index (χ2n) is 7.29. The van der Waals surface area contributed by atoms with Crippen molar-refractivity contribution in [3.63, 3.8) is 0 Å². The summed E-state index contributed by atoms with van der Waals surface area (Å²) >= 11 is 1.36. The van der Waals surface area contributed by atoms with Gasteiger partial charge in [-0.2, -0.15) is 0 Å². The topological polar surface area (TPSA) is 115 Å². The second kappa shape index (κ2) is 8.66. The minimum Gasteiger partial charge on any atom is -0.465 e. The van der Waals surface area contributed by atoms with Crippen molar-refractivity contribution in [1.82, 2.24) is 20.2 Å². The summed E-state index contributed by atoms with van der Waals surface area (Å²) in [6.07, 6.45) is 2.34.